The normalized spacial score (nSPS) is 18.9. The Labute approximate surface area is 164 Å². The number of aromatic nitrogens is 2. The summed E-state index contributed by atoms with van der Waals surface area (Å²) in [6.45, 7) is 3.42. The molecule has 0 bridgehead atoms. The Bertz CT molecular complexity index is 941. The highest BCUT2D eigenvalue weighted by molar-refractivity contribution is 5.56. The fourth-order valence-corrected chi connectivity index (χ4v) is 4.02. The van der Waals surface area contributed by atoms with Gasteiger partial charge in [-0.1, -0.05) is 12.1 Å². The third-order valence-corrected chi connectivity index (χ3v) is 5.33. The number of rotatable bonds is 5. The molecule has 1 saturated heterocycles. The van der Waals surface area contributed by atoms with Gasteiger partial charge in [0, 0.05) is 43.3 Å². The molecule has 0 radical (unpaired) electrons. The van der Waals surface area contributed by atoms with Crippen LogP contribution in [0, 0.1) is 0 Å². The lowest BCUT2D eigenvalue weighted by atomic mass is 10.0. The molecule has 6 heteroatoms. The van der Waals surface area contributed by atoms with Crippen LogP contribution in [-0.4, -0.2) is 40.6 Å². The second-order valence-corrected chi connectivity index (χ2v) is 7.41. The lowest BCUT2D eigenvalue weighted by molar-refractivity contribution is 0.174. The van der Waals surface area contributed by atoms with Gasteiger partial charge in [-0.3, -0.25) is 4.90 Å². The molecule has 0 spiro atoms. The van der Waals surface area contributed by atoms with Gasteiger partial charge in [0.15, 0.2) is 11.5 Å². The Morgan fingerprint density at radius 2 is 2.04 bits per heavy atom. The van der Waals surface area contributed by atoms with E-state index in [2.05, 4.69) is 45.6 Å². The first-order chi connectivity index (χ1) is 13.8. The zero-order chi connectivity index (χ0) is 18.8. The number of hydrogen-bond donors (Lipinski definition) is 1. The first-order valence-corrected chi connectivity index (χ1v) is 9.81. The van der Waals surface area contributed by atoms with Crippen LogP contribution in [0.25, 0.3) is 5.69 Å². The second kappa shape index (κ2) is 7.56. The van der Waals surface area contributed by atoms with E-state index < -0.39 is 0 Å². The van der Waals surface area contributed by atoms with Gasteiger partial charge in [-0.2, -0.15) is 5.10 Å². The average Bonchev–Trinajstić information content (AvgIpc) is 3.40. The van der Waals surface area contributed by atoms with Crippen LogP contribution >= 0.6 is 0 Å². The van der Waals surface area contributed by atoms with Gasteiger partial charge < -0.3 is 14.8 Å². The molecule has 2 aliphatic heterocycles. The number of hydrogen-bond acceptors (Lipinski definition) is 5. The van der Waals surface area contributed by atoms with E-state index in [1.807, 2.05) is 35.3 Å². The van der Waals surface area contributed by atoms with Gasteiger partial charge in [0.25, 0.3) is 0 Å². The highest BCUT2D eigenvalue weighted by atomic mass is 16.7. The molecule has 2 aromatic carbocycles. The predicted molar refractivity (Wildman–Crippen MR) is 108 cm³/mol. The van der Waals surface area contributed by atoms with Gasteiger partial charge in [0.2, 0.25) is 6.79 Å². The van der Waals surface area contributed by atoms with E-state index >= 15 is 0 Å². The molecule has 1 N–H and O–H groups in total. The molecule has 1 fully saturated rings. The molecule has 0 saturated carbocycles. The first-order valence-electron chi connectivity index (χ1n) is 9.81. The fraction of sp³-hybridized carbons (Fsp3) is 0.318. The Morgan fingerprint density at radius 1 is 1.07 bits per heavy atom. The van der Waals surface area contributed by atoms with Crippen molar-refractivity contribution < 1.29 is 9.47 Å². The molecule has 6 nitrogen and oxygen atoms in total. The highest BCUT2D eigenvalue weighted by Crippen LogP contribution is 2.34. The molecule has 5 rings (SSSR count). The van der Waals surface area contributed by atoms with Gasteiger partial charge >= 0.3 is 0 Å². The summed E-state index contributed by atoms with van der Waals surface area (Å²) in [5.41, 5.74) is 3.52. The minimum Gasteiger partial charge on any atom is -0.454 e. The largest absolute Gasteiger partial charge is 0.454 e. The van der Waals surface area contributed by atoms with Crippen molar-refractivity contribution in [1.82, 2.24) is 14.7 Å². The predicted octanol–water partition coefficient (Wildman–Crippen LogP) is 3.68. The molecular weight excluding hydrogens is 352 g/mol. The maximum atomic E-state index is 5.49. The number of nitrogens with zero attached hydrogens (tertiary/aromatic N) is 3. The van der Waals surface area contributed by atoms with Gasteiger partial charge in [-0.05, 0) is 55.3 Å². The molecule has 1 unspecified atom stereocenters. The van der Waals surface area contributed by atoms with E-state index in [-0.39, 0.29) is 0 Å². The molecule has 3 heterocycles. The summed E-state index contributed by atoms with van der Waals surface area (Å²) in [4.78, 5) is 2.52. The number of benzene rings is 2. The number of piperidine rings is 1. The van der Waals surface area contributed by atoms with Crippen LogP contribution in [0.4, 0.5) is 5.69 Å². The van der Waals surface area contributed by atoms with E-state index in [1.54, 1.807) is 0 Å². The number of anilines is 1. The minimum atomic E-state index is 0.313. The third-order valence-electron chi connectivity index (χ3n) is 5.33. The number of likely N-dealkylation sites (tertiary alicyclic amines) is 1. The smallest absolute Gasteiger partial charge is 0.231 e. The van der Waals surface area contributed by atoms with Gasteiger partial charge in [-0.25, -0.2) is 4.68 Å². The van der Waals surface area contributed by atoms with Gasteiger partial charge in [0.05, 0.1) is 5.69 Å². The summed E-state index contributed by atoms with van der Waals surface area (Å²) in [5, 5.41) is 8.00. The summed E-state index contributed by atoms with van der Waals surface area (Å²) in [5.74, 6) is 1.65. The maximum Gasteiger partial charge on any atom is 0.231 e. The third kappa shape index (κ3) is 3.68. The average molecular weight is 376 g/mol. The Morgan fingerprint density at radius 3 is 2.96 bits per heavy atom. The van der Waals surface area contributed by atoms with Crippen LogP contribution in [-0.2, 0) is 6.54 Å². The van der Waals surface area contributed by atoms with Crippen molar-refractivity contribution in [3.05, 3.63) is 66.5 Å². The maximum absolute atomic E-state index is 5.49. The minimum absolute atomic E-state index is 0.313. The SMILES string of the molecule is c1cc(CN2CCCC(Nc3ccc4c(c3)OCO4)C2)cc(-n2cccn2)c1. The van der Waals surface area contributed by atoms with E-state index in [1.165, 1.54) is 18.4 Å². The summed E-state index contributed by atoms with van der Waals surface area (Å²) >= 11 is 0. The van der Waals surface area contributed by atoms with Crippen molar-refractivity contribution >= 4 is 5.69 Å². The van der Waals surface area contributed by atoms with Crippen molar-refractivity contribution in [3.8, 4) is 17.2 Å². The molecular formula is C22H24N4O2. The van der Waals surface area contributed by atoms with Crippen LogP contribution in [0.15, 0.2) is 60.9 Å². The molecule has 1 aromatic heterocycles. The van der Waals surface area contributed by atoms with Gasteiger partial charge in [0.1, 0.15) is 0 Å². The first kappa shape index (κ1) is 17.1. The molecule has 28 heavy (non-hydrogen) atoms. The lowest BCUT2D eigenvalue weighted by Gasteiger charge is -2.33. The molecule has 3 aromatic rings. The van der Waals surface area contributed by atoms with Gasteiger partial charge in [-0.15, -0.1) is 0 Å². The lowest BCUT2D eigenvalue weighted by Crippen LogP contribution is -2.41. The number of fused-ring (bicyclic) bond motifs is 1. The molecule has 1 atom stereocenters. The Balaban J connectivity index is 1.23. The quantitative estimate of drug-likeness (QED) is 0.736. The zero-order valence-electron chi connectivity index (χ0n) is 15.8. The summed E-state index contributed by atoms with van der Waals surface area (Å²) in [6, 6.07) is 17.1. The van der Waals surface area contributed by atoms with Crippen molar-refractivity contribution in [2.24, 2.45) is 0 Å². The number of nitrogens with one attached hydrogen (secondary N) is 1. The van der Waals surface area contributed by atoms with Crippen LogP contribution in [0.5, 0.6) is 11.5 Å². The van der Waals surface area contributed by atoms with Crippen molar-refractivity contribution in [1.29, 1.82) is 0 Å². The standard InChI is InChI=1S/C22H24N4O2/c1-4-17(12-20(6-1)26-11-3-9-23-26)14-25-10-2-5-19(15-25)24-18-7-8-21-22(13-18)28-16-27-21/h1,3-4,6-9,11-13,19,24H,2,5,10,14-16H2. The number of ether oxygens (including phenoxy) is 2. The monoisotopic (exact) mass is 376 g/mol. The topological polar surface area (TPSA) is 51.6 Å². The van der Waals surface area contributed by atoms with E-state index in [9.17, 15) is 0 Å². The highest BCUT2D eigenvalue weighted by Gasteiger charge is 2.21. The zero-order valence-corrected chi connectivity index (χ0v) is 15.8. The van der Waals surface area contributed by atoms with Crippen LogP contribution in [0.3, 0.4) is 0 Å². The molecule has 144 valence electrons. The Kier molecular flexibility index (Phi) is 4.62. The fourth-order valence-electron chi connectivity index (χ4n) is 4.02. The Hall–Kier alpha value is -2.99. The van der Waals surface area contributed by atoms with E-state index in [4.69, 9.17) is 9.47 Å². The van der Waals surface area contributed by atoms with E-state index in [0.717, 1.165) is 42.5 Å². The molecule has 0 aliphatic carbocycles. The molecule has 2 aliphatic rings. The van der Waals surface area contributed by atoms with Crippen LogP contribution in [0.2, 0.25) is 0 Å². The van der Waals surface area contributed by atoms with E-state index in [0.29, 0.717) is 12.8 Å². The summed E-state index contributed by atoms with van der Waals surface area (Å²) in [7, 11) is 0. The summed E-state index contributed by atoms with van der Waals surface area (Å²) in [6.07, 6.45) is 6.16. The van der Waals surface area contributed by atoms with Crippen LogP contribution in [0.1, 0.15) is 18.4 Å². The van der Waals surface area contributed by atoms with Crippen molar-refractivity contribution in [2.45, 2.75) is 25.4 Å². The van der Waals surface area contributed by atoms with Crippen LogP contribution < -0.4 is 14.8 Å². The summed E-state index contributed by atoms with van der Waals surface area (Å²) < 4.78 is 12.8. The van der Waals surface area contributed by atoms with Crippen molar-refractivity contribution in [2.75, 3.05) is 25.2 Å². The molecule has 0 amide bonds. The second-order valence-electron chi connectivity index (χ2n) is 7.41. The van der Waals surface area contributed by atoms with Crippen molar-refractivity contribution in [3.63, 3.8) is 0 Å².